The van der Waals surface area contributed by atoms with Gasteiger partial charge in [0.05, 0.1) is 5.56 Å². The van der Waals surface area contributed by atoms with Crippen LogP contribution in [0.2, 0.25) is 0 Å². The fourth-order valence-corrected chi connectivity index (χ4v) is 2.37. The van der Waals surface area contributed by atoms with E-state index >= 15 is 0 Å². The summed E-state index contributed by atoms with van der Waals surface area (Å²) >= 11 is 3.34. The first-order valence-electron chi connectivity index (χ1n) is 5.91. The van der Waals surface area contributed by atoms with Gasteiger partial charge in [-0.15, -0.1) is 0 Å². The van der Waals surface area contributed by atoms with Gasteiger partial charge in [-0.3, -0.25) is 0 Å². The molecule has 0 amide bonds. The Bertz CT molecular complexity index is 623. The molecule has 0 aliphatic heterocycles. The fourth-order valence-electron chi connectivity index (χ4n) is 1.99. The fraction of sp³-hybridized carbons (Fsp3) is 0.200. The van der Waals surface area contributed by atoms with Crippen molar-refractivity contribution in [3.63, 3.8) is 0 Å². The summed E-state index contributed by atoms with van der Waals surface area (Å²) in [6.45, 7) is 1.80. The molecule has 0 heterocycles. The average Bonchev–Trinajstić information content (AvgIpc) is 2.40. The number of aliphatic hydroxyl groups is 1. The van der Waals surface area contributed by atoms with E-state index in [2.05, 4.69) is 15.9 Å². The van der Waals surface area contributed by atoms with E-state index in [1.165, 1.54) is 12.1 Å². The summed E-state index contributed by atoms with van der Waals surface area (Å²) in [6.07, 6.45) is -5.50. The number of hydrogen-bond acceptors (Lipinski definition) is 1. The smallest absolute Gasteiger partial charge is 0.384 e. The van der Waals surface area contributed by atoms with Crippen molar-refractivity contribution in [2.75, 3.05) is 0 Å². The van der Waals surface area contributed by atoms with Gasteiger partial charge in [-0.05, 0) is 41.8 Å². The molecule has 1 nitrogen and oxygen atoms in total. The second-order valence-corrected chi connectivity index (χ2v) is 5.33. The zero-order valence-electron chi connectivity index (χ0n) is 10.6. The van der Waals surface area contributed by atoms with Crippen molar-refractivity contribution in [1.29, 1.82) is 0 Å². The van der Waals surface area contributed by atoms with Crippen molar-refractivity contribution in [2.45, 2.75) is 19.2 Å². The van der Waals surface area contributed by atoms with Gasteiger partial charge in [0, 0.05) is 4.47 Å². The Balaban J connectivity index is 2.44. The van der Waals surface area contributed by atoms with Crippen LogP contribution < -0.4 is 0 Å². The normalized spacial score (nSPS) is 13.3. The van der Waals surface area contributed by atoms with Crippen LogP contribution in [0.1, 0.15) is 28.4 Å². The first-order chi connectivity index (χ1) is 9.30. The van der Waals surface area contributed by atoms with Crippen molar-refractivity contribution in [3.8, 4) is 0 Å². The Labute approximate surface area is 123 Å². The van der Waals surface area contributed by atoms with Crippen LogP contribution in [0.3, 0.4) is 0 Å². The van der Waals surface area contributed by atoms with Gasteiger partial charge in [0.25, 0.3) is 0 Å². The number of aliphatic hydroxyl groups excluding tert-OH is 1. The molecule has 2 aromatic carbocycles. The van der Waals surface area contributed by atoms with E-state index in [-0.39, 0.29) is 5.56 Å². The highest BCUT2D eigenvalue weighted by Crippen LogP contribution is 2.33. The predicted molar refractivity (Wildman–Crippen MR) is 74.4 cm³/mol. The molecule has 2 aromatic rings. The van der Waals surface area contributed by atoms with Gasteiger partial charge in [0.15, 0.2) is 0 Å². The third-order valence-electron chi connectivity index (χ3n) is 3.13. The number of alkyl halides is 3. The second-order valence-electron chi connectivity index (χ2n) is 4.48. The molecule has 0 saturated carbocycles. The maximum Gasteiger partial charge on any atom is 0.416 e. The quantitative estimate of drug-likeness (QED) is 0.824. The van der Waals surface area contributed by atoms with Crippen LogP contribution >= 0.6 is 15.9 Å². The van der Waals surface area contributed by atoms with Gasteiger partial charge >= 0.3 is 6.18 Å². The van der Waals surface area contributed by atoms with Crippen molar-refractivity contribution in [1.82, 2.24) is 0 Å². The maximum absolute atomic E-state index is 12.7. The third kappa shape index (κ3) is 3.04. The molecule has 0 aromatic heterocycles. The molecule has 0 bridgehead atoms. The first kappa shape index (κ1) is 15.1. The molecule has 0 radical (unpaired) electrons. The Hall–Kier alpha value is -1.33. The number of halogens is 4. The van der Waals surface area contributed by atoms with Crippen molar-refractivity contribution in [2.24, 2.45) is 0 Å². The molecule has 20 heavy (non-hydrogen) atoms. The molecule has 106 valence electrons. The summed E-state index contributed by atoms with van der Waals surface area (Å²) in [5.41, 5.74) is 0.846. The molecule has 5 heteroatoms. The minimum atomic E-state index is -4.41. The zero-order chi connectivity index (χ0) is 14.9. The predicted octanol–water partition coefficient (Wildman–Crippen LogP) is 4.86. The first-order valence-corrected chi connectivity index (χ1v) is 6.70. The van der Waals surface area contributed by atoms with Crippen LogP contribution in [0.5, 0.6) is 0 Å². The summed E-state index contributed by atoms with van der Waals surface area (Å²) in [7, 11) is 0. The van der Waals surface area contributed by atoms with Crippen molar-refractivity contribution < 1.29 is 18.3 Å². The Kier molecular flexibility index (Phi) is 4.20. The second kappa shape index (κ2) is 5.58. The van der Waals surface area contributed by atoms with Gasteiger partial charge < -0.3 is 5.11 Å². The molecule has 0 spiro atoms. The molecule has 0 saturated heterocycles. The van der Waals surface area contributed by atoms with Crippen LogP contribution in [-0.2, 0) is 6.18 Å². The standard InChI is InChI=1S/C15H12BrF3O/c1-9-12(6-3-7-13(9)16)14(20)10-4-2-5-11(8-10)15(17,18)19/h2-8,14,20H,1H3. The highest BCUT2D eigenvalue weighted by Gasteiger charge is 2.31. The molecular formula is C15H12BrF3O. The summed E-state index contributed by atoms with van der Waals surface area (Å²) in [6, 6.07) is 10.0. The number of benzene rings is 2. The lowest BCUT2D eigenvalue weighted by atomic mass is 9.96. The molecule has 1 N–H and O–H groups in total. The Morgan fingerprint density at radius 3 is 2.40 bits per heavy atom. The van der Waals surface area contributed by atoms with E-state index in [1.807, 2.05) is 6.07 Å². The monoisotopic (exact) mass is 344 g/mol. The lowest BCUT2D eigenvalue weighted by molar-refractivity contribution is -0.137. The molecule has 2 rings (SSSR count). The van der Waals surface area contributed by atoms with E-state index < -0.39 is 17.8 Å². The molecule has 1 unspecified atom stereocenters. The van der Waals surface area contributed by atoms with Gasteiger partial charge in [-0.1, -0.05) is 40.2 Å². The van der Waals surface area contributed by atoms with E-state index in [1.54, 1.807) is 19.1 Å². The minimum absolute atomic E-state index is 0.223. The Morgan fingerprint density at radius 1 is 1.10 bits per heavy atom. The lowest BCUT2D eigenvalue weighted by Gasteiger charge is -2.16. The summed E-state index contributed by atoms with van der Waals surface area (Å²) in [5.74, 6) is 0. The SMILES string of the molecule is Cc1c(Br)cccc1C(O)c1cccc(C(F)(F)F)c1. The average molecular weight is 345 g/mol. The van der Waals surface area contributed by atoms with Crippen molar-refractivity contribution >= 4 is 15.9 Å². The maximum atomic E-state index is 12.7. The largest absolute Gasteiger partial charge is 0.416 e. The van der Waals surface area contributed by atoms with Crippen LogP contribution in [-0.4, -0.2) is 5.11 Å². The lowest BCUT2D eigenvalue weighted by Crippen LogP contribution is -2.08. The summed E-state index contributed by atoms with van der Waals surface area (Å²) < 4.78 is 38.9. The highest BCUT2D eigenvalue weighted by molar-refractivity contribution is 9.10. The van der Waals surface area contributed by atoms with Gasteiger partial charge in [0.2, 0.25) is 0 Å². The van der Waals surface area contributed by atoms with Gasteiger partial charge in [0.1, 0.15) is 6.10 Å². The number of hydrogen-bond donors (Lipinski definition) is 1. The zero-order valence-corrected chi connectivity index (χ0v) is 12.2. The number of rotatable bonds is 2. The highest BCUT2D eigenvalue weighted by atomic mass is 79.9. The molecule has 0 fully saturated rings. The van der Waals surface area contributed by atoms with E-state index in [9.17, 15) is 18.3 Å². The van der Waals surface area contributed by atoms with Gasteiger partial charge in [-0.2, -0.15) is 13.2 Å². The molecule has 0 aliphatic rings. The summed E-state index contributed by atoms with van der Waals surface area (Å²) in [4.78, 5) is 0. The van der Waals surface area contributed by atoms with Crippen LogP contribution in [0.25, 0.3) is 0 Å². The minimum Gasteiger partial charge on any atom is -0.384 e. The van der Waals surface area contributed by atoms with E-state index in [0.717, 1.165) is 22.2 Å². The third-order valence-corrected chi connectivity index (χ3v) is 3.99. The van der Waals surface area contributed by atoms with Crippen LogP contribution in [0.4, 0.5) is 13.2 Å². The van der Waals surface area contributed by atoms with Crippen LogP contribution in [0.15, 0.2) is 46.9 Å². The van der Waals surface area contributed by atoms with E-state index in [4.69, 9.17) is 0 Å². The molecule has 0 aliphatic carbocycles. The van der Waals surface area contributed by atoms with Crippen molar-refractivity contribution in [3.05, 3.63) is 69.2 Å². The Morgan fingerprint density at radius 2 is 1.75 bits per heavy atom. The van der Waals surface area contributed by atoms with Crippen LogP contribution in [0, 0.1) is 6.92 Å². The van der Waals surface area contributed by atoms with E-state index in [0.29, 0.717) is 5.56 Å². The summed E-state index contributed by atoms with van der Waals surface area (Å²) in [5, 5.41) is 10.3. The van der Waals surface area contributed by atoms with Gasteiger partial charge in [-0.25, -0.2) is 0 Å². The molecular weight excluding hydrogens is 333 g/mol. The topological polar surface area (TPSA) is 20.2 Å². The molecule has 1 atom stereocenters.